The van der Waals surface area contributed by atoms with Crippen LogP contribution in [0.1, 0.15) is 31.7 Å². The van der Waals surface area contributed by atoms with Gasteiger partial charge in [-0.25, -0.2) is 0 Å². The van der Waals surface area contributed by atoms with Crippen LogP contribution in [-0.4, -0.2) is 55.0 Å². The van der Waals surface area contributed by atoms with E-state index in [-0.39, 0.29) is 11.9 Å². The van der Waals surface area contributed by atoms with Gasteiger partial charge in [-0.1, -0.05) is 17.7 Å². The Hall–Kier alpha value is -1.10. The molecule has 2 heterocycles. The maximum atomic E-state index is 12.7. The molecule has 2 aliphatic heterocycles. The third kappa shape index (κ3) is 4.55. The van der Waals surface area contributed by atoms with Gasteiger partial charge in [0.2, 0.25) is 5.91 Å². The first kappa shape index (κ1) is 18.7. The molecule has 0 radical (unpaired) electrons. The highest BCUT2D eigenvalue weighted by Gasteiger charge is 2.34. The second-order valence-corrected chi connectivity index (χ2v) is 8.25. The number of aryl methyl sites for hydroxylation is 1. The minimum Gasteiger partial charge on any atom is -0.324 e. The minimum atomic E-state index is -0.102. The van der Waals surface area contributed by atoms with Crippen LogP contribution in [0.15, 0.2) is 18.2 Å². The van der Waals surface area contributed by atoms with E-state index in [2.05, 4.69) is 22.2 Å². The van der Waals surface area contributed by atoms with E-state index in [1.807, 2.05) is 32.0 Å². The number of anilines is 1. The van der Waals surface area contributed by atoms with Crippen LogP contribution in [0.5, 0.6) is 0 Å². The van der Waals surface area contributed by atoms with Crippen LogP contribution in [0, 0.1) is 18.8 Å². The molecule has 4 nitrogen and oxygen atoms in total. The number of rotatable bonds is 4. The highest BCUT2D eigenvalue weighted by atomic mass is 35.5. The standard InChI is InChI=1S/C20H30ClN3O/c1-14-4-5-18(21)12-19(14)22-20(25)15(2)24-11-8-17(13-24)16-6-9-23(3)10-7-16/h4-5,12,15-17H,6-11,13H2,1-3H3,(H,22,25)/t15-,17+/m0/s1. The van der Waals surface area contributed by atoms with Gasteiger partial charge in [0.25, 0.3) is 0 Å². The molecule has 2 fully saturated rings. The van der Waals surface area contributed by atoms with Crippen LogP contribution in [0.2, 0.25) is 5.02 Å². The Labute approximate surface area is 156 Å². The molecule has 0 bridgehead atoms. The first-order valence-corrected chi connectivity index (χ1v) is 9.81. The molecule has 1 aromatic carbocycles. The normalized spacial score (nSPS) is 24.4. The lowest BCUT2D eigenvalue weighted by Crippen LogP contribution is -2.41. The van der Waals surface area contributed by atoms with E-state index in [0.29, 0.717) is 5.02 Å². The number of hydrogen-bond donors (Lipinski definition) is 1. The molecule has 0 aliphatic carbocycles. The molecule has 5 heteroatoms. The second kappa shape index (κ2) is 8.07. The molecular weight excluding hydrogens is 334 g/mol. The molecule has 1 N–H and O–H groups in total. The van der Waals surface area contributed by atoms with Gasteiger partial charge in [0.15, 0.2) is 0 Å². The molecule has 0 saturated carbocycles. The van der Waals surface area contributed by atoms with Gasteiger partial charge in [0.1, 0.15) is 0 Å². The van der Waals surface area contributed by atoms with Crippen LogP contribution in [-0.2, 0) is 4.79 Å². The number of benzene rings is 1. The third-order valence-electron chi connectivity index (χ3n) is 6.07. The Morgan fingerprint density at radius 3 is 2.60 bits per heavy atom. The van der Waals surface area contributed by atoms with Crippen molar-refractivity contribution < 1.29 is 4.79 Å². The topological polar surface area (TPSA) is 35.6 Å². The van der Waals surface area contributed by atoms with Crippen molar-refractivity contribution in [2.75, 3.05) is 38.5 Å². The van der Waals surface area contributed by atoms with E-state index < -0.39 is 0 Å². The predicted octanol–water partition coefficient (Wildman–Crippen LogP) is 3.64. The lowest BCUT2D eigenvalue weighted by molar-refractivity contribution is -0.120. The maximum absolute atomic E-state index is 12.7. The summed E-state index contributed by atoms with van der Waals surface area (Å²) in [7, 11) is 2.21. The van der Waals surface area contributed by atoms with Crippen molar-refractivity contribution in [2.45, 2.75) is 39.2 Å². The smallest absolute Gasteiger partial charge is 0.241 e. The van der Waals surface area contributed by atoms with E-state index >= 15 is 0 Å². The zero-order valence-electron chi connectivity index (χ0n) is 15.6. The number of nitrogens with zero attached hydrogens (tertiary/aromatic N) is 2. The molecule has 0 unspecified atom stereocenters. The summed E-state index contributed by atoms with van der Waals surface area (Å²) in [5, 5.41) is 3.71. The monoisotopic (exact) mass is 363 g/mol. The van der Waals surface area contributed by atoms with Gasteiger partial charge >= 0.3 is 0 Å². The zero-order valence-corrected chi connectivity index (χ0v) is 16.4. The van der Waals surface area contributed by atoms with E-state index in [9.17, 15) is 4.79 Å². The Bertz CT molecular complexity index is 613. The SMILES string of the molecule is Cc1ccc(Cl)cc1NC(=O)[C@H](C)N1CC[C@@H](C2CCN(C)CC2)C1. The second-order valence-electron chi connectivity index (χ2n) is 7.81. The highest BCUT2D eigenvalue weighted by molar-refractivity contribution is 6.31. The van der Waals surface area contributed by atoms with Crippen molar-refractivity contribution in [2.24, 2.45) is 11.8 Å². The van der Waals surface area contributed by atoms with Crippen LogP contribution < -0.4 is 5.32 Å². The molecule has 0 aromatic heterocycles. The van der Waals surface area contributed by atoms with Crippen molar-refractivity contribution >= 4 is 23.2 Å². The molecule has 1 amide bonds. The Balaban J connectivity index is 1.55. The average molecular weight is 364 g/mol. The van der Waals surface area contributed by atoms with Gasteiger partial charge in [0.05, 0.1) is 6.04 Å². The molecule has 25 heavy (non-hydrogen) atoms. The van der Waals surface area contributed by atoms with Gasteiger partial charge in [-0.3, -0.25) is 9.69 Å². The summed E-state index contributed by atoms with van der Waals surface area (Å²) in [6.07, 6.45) is 3.83. The molecule has 0 spiro atoms. The fraction of sp³-hybridized carbons (Fsp3) is 0.650. The molecule has 138 valence electrons. The first-order chi connectivity index (χ1) is 11.9. The van der Waals surface area contributed by atoms with Gasteiger partial charge < -0.3 is 10.2 Å². The van der Waals surface area contributed by atoms with Crippen molar-refractivity contribution in [3.63, 3.8) is 0 Å². The summed E-state index contributed by atoms with van der Waals surface area (Å²) in [6.45, 7) is 8.52. The number of amides is 1. The van der Waals surface area contributed by atoms with Crippen LogP contribution in [0.4, 0.5) is 5.69 Å². The number of carbonyl (C=O) groups is 1. The predicted molar refractivity (Wildman–Crippen MR) is 104 cm³/mol. The third-order valence-corrected chi connectivity index (χ3v) is 6.31. The summed E-state index contributed by atoms with van der Waals surface area (Å²) < 4.78 is 0. The van der Waals surface area contributed by atoms with Gasteiger partial charge in [-0.15, -0.1) is 0 Å². The van der Waals surface area contributed by atoms with Gasteiger partial charge in [-0.05, 0) is 89.3 Å². The Kier molecular flexibility index (Phi) is 6.03. The van der Waals surface area contributed by atoms with Crippen LogP contribution in [0.25, 0.3) is 0 Å². The summed E-state index contributed by atoms with van der Waals surface area (Å²) in [4.78, 5) is 17.5. The summed E-state index contributed by atoms with van der Waals surface area (Å²) in [6, 6.07) is 5.51. The molecule has 2 saturated heterocycles. The molecule has 2 atom stereocenters. The summed E-state index contributed by atoms with van der Waals surface area (Å²) >= 11 is 6.06. The Morgan fingerprint density at radius 1 is 1.20 bits per heavy atom. The van der Waals surface area contributed by atoms with Gasteiger partial charge in [0, 0.05) is 17.3 Å². The molecule has 2 aliphatic rings. The zero-order chi connectivity index (χ0) is 18.0. The molecule has 1 aromatic rings. The minimum absolute atomic E-state index is 0.0643. The number of halogens is 1. The van der Waals surface area contributed by atoms with Crippen LogP contribution >= 0.6 is 11.6 Å². The highest BCUT2D eigenvalue weighted by Crippen LogP contribution is 2.32. The van der Waals surface area contributed by atoms with Crippen molar-refractivity contribution in [3.8, 4) is 0 Å². The average Bonchev–Trinajstić information content (AvgIpc) is 3.08. The van der Waals surface area contributed by atoms with E-state index in [4.69, 9.17) is 11.6 Å². The van der Waals surface area contributed by atoms with Crippen molar-refractivity contribution in [3.05, 3.63) is 28.8 Å². The molecular formula is C20H30ClN3O. The first-order valence-electron chi connectivity index (χ1n) is 9.43. The quantitative estimate of drug-likeness (QED) is 0.887. The fourth-order valence-electron chi connectivity index (χ4n) is 4.18. The largest absolute Gasteiger partial charge is 0.324 e. The van der Waals surface area contributed by atoms with Crippen molar-refractivity contribution in [1.82, 2.24) is 9.80 Å². The number of piperidine rings is 1. The van der Waals surface area contributed by atoms with E-state index in [1.54, 1.807) is 0 Å². The lowest BCUT2D eigenvalue weighted by Gasteiger charge is -2.33. The summed E-state index contributed by atoms with van der Waals surface area (Å²) in [5.41, 5.74) is 1.85. The lowest BCUT2D eigenvalue weighted by atomic mass is 9.84. The van der Waals surface area contributed by atoms with E-state index in [1.165, 1.54) is 32.4 Å². The number of nitrogens with one attached hydrogen (secondary N) is 1. The molecule has 3 rings (SSSR count). The van der Waals surface area contributed by atoms with Gasteiger partial charge in [-0.2, -0.15) is 0 Å². The van der Waals surface area contributed by atoms with E-state index in [0.717, 1.165) is 36.2 Å². The Morgan fingerprint density at radius 2 is 1.88 bits per heavy atom. The van der Waals surface area contributed by atoms with Crippen molar-refractivity contribution in [1.29, 1.82) is 0 Å². The number of hydrogen-bond acceptors (Lipinski definition) is 3. The summed E-state index contributed by atoms with van der Waals surface area (Å²) in [5.74, 6) is 1.64. The number of carbonyl (C=O) groups excluding carboxylic acids is 1. The fourth-order valence-corrected chi connectivity index (χ4v) is 4.36. The van der Waals surface area contributed by atoms with Crippen LogP contribution in [0.3, 0.4) is 0 Å². The maximum Gasteiger partial charge on any atom is 0.241 e. The number of likely N-dealkylation sites (tertiary alicyclic amines) is 2.